The molecule has 1 aliphatic heterocycles. The Labute approximate surface area is 253 Å². The van der Waals surface area contributed by atoms with Crippen LogP contribution >= 0.6 is 0 Å². The molecule has 0 spiro atoms. The molecule has 6 heteroatoms. The Morgan fingerprint density at radius 1 is 0.976 bits per heavy atom. The van der Waals surface area contributed by atoms with Crippen LogP contribution < -0.4 is 9.47 Å². The summed E-state index contributed by atoms with van der Waals surface area (Å²) in [6, 6.07) is 15.1. The van der Waals surface area contributed by atoms with Crippen LogP contribution in [0.1, 0.15) is 113 Å². The Morgan fingerprint density at radius 2 is 1.69 bits per heavy atom. The maximum Gasteiger partial charge on any atom is 0.166 e. The molecular weight excluding hydrogens is 527 g/mol. The monoisotopic (exact) mass is 578 g/mol. The fourth-order valence-electron chi connectivity index (χ4n) is 6.52. The van der Waals surface area contributed by atoms with E-state index in [1.54, 1.807) is 26.4 Å². The van der Waals surface area contributed by atoms with Crippen molar-refractivity contribution in [1.82, 2.24) is 4.90 Å². The van der Waals surface area contributed by atoms with Crippen LogP contribution in [0.15, 0.2) is 42.5 Å². The second kappa shape index (κ2) is 17.3. The molecule has 0 saturated carbocycles. The summed E-state index contributed by atoms with van der Waals surface area (Å²) in [5.74, 6) is 1.33. The lowest BCUT2D eigenvalue weighted by Gasteiger charge is -2.40. The van der Waals surface area contributed by atoms with Gasteiger partial charge in [-0.25, -0.2) is 4.39 Å². The van der Waals surface area contributed by atoms with E-state index in [4.69, 9.17) is 14.7 Å². The first-order valence-corrected chi connectivity index (χ1v) is 16.0. The fourth-order valence-corrected chi connectivity index (χ4v) is 6.52. The highest BCUT2D eigenvalue weighted by molar-refractivity contribution is 5.97. The summed E-state index contributed by atoms with van der Waals surface area (Å²) in [4.78, 5) is 15.7. The number of Topliss-reactive ketones (excluding diaryl/α,β-unsaturated/α-hetero) is 1. The highest BCUT2D eigenvalue weighted by Crippen LogP contribution is 2.40. The molecule has 0 bridgehead atoms. The van der Waals surface area contributed by atoms with Crippen LogP contribution in [-0.2, 0) is 5.41 Å². The SMILES string of the molecule is CCCCCCC(CCC(C)(CCCCC#N)c1ccc(OC)c(OC)c1)N1CCC(C(=O)c2ccc(F)cc2)CC1. The number of methoxy groups -OCH3 is 2. The van der Waals surface area contributed by atoms with Gasteiger partial charge in [-0.15, -0.1) is 0 Å². The molecule has 2 atom stereocenters. The Morgan fingerprint density at radius 3 is 2.33 bits per heavy atom. The van der Waals surface area contributed by atoms with Crippen LogP contribution in [0, 0.1) is 23.1 Å². The van der Waals surface area contributed by atoms with E-state index in [0.29, 0.717) is 18.0 Å². The van der Waals surface area contributed by atoms with Gasteiger partial charge in [0.15, 0.2) is 17.3 Å². The number of likely N-dealkylation sites (tertiary alicyclic amines) is 1. The standard InChI is InChI=1S/C36H51FN2O3/c1-5-6-7-9-12-32(39-25-20-29(21-26-39)35(40)28-13-16-31(37)17-14-28)19-23-36(2,22-10-8-11-24-38)30-15-18-33(41-3)34(27-30)42-4/h13-18,27,29,32H,5-12,19-23,25-26H2,1-4H3. The minimum atomic E-state index is -0.308. The van der Waals surface area contributed by atoms with E-state index in [0.717, 1.165) is 69.5 Å². The first-order valence-electron chi connectivity index (χ1n) is 16.0. The fraction of sp³-hybridized carbons (Fsp3) is 0.611. The van der Waals surface area contributed by atoms with Gasteiger partial charge in [-0.05, 0) is 105 Å². The summed E-state index contributed by atoms with van der Waals surface area (Å²) >= 11 is 0. The number of ether oxygens (including phenoxy) is 2. The molecule has 0 radical (unpaired) electrons. The van der Waals surface area contributed by atoms with Gasteiger partial charge in [-0.3, -0.25) is 4.79 Å². The van der Waals surface area contributed by atoms with Gasteiger partial charge in [0.05, 0.1) is 20.3 Å². The molecule has 0 amide bonds. The number of ketones is 1. The first kappa shape index (κ1) is 33.6. The zero-order valence-corrected chi connectivity index (χ0v) is 26.3. The maximum absolute atomic E-state index is 13.4. The molecule has 0 aliphatic carbocycles. The van der Waals surface area contributed by atoms with Crippen molar-refractivity contribution in [1.29, 1.82) is 5.26 Å². The number of piperidine rings is 1. The summed E-state index contributed by atoms with van der Waals surface area (Å²) < 4.78 is 24.5. The molecule has 230 valence electrons. The van der Waals surface area contributed by atoms with Crippen molar-refractivity contribution < 1.29 is 18.7 Å². The first-order chi connectivity index (χ1) is 20.3. The van der Waals surface area contributed by atoms with Crippen LogP contribution in [-0.4, -0.2) is 44.0 Å². The number of benzene rings is 2. The average Bonchev–Trinajstić information content (AvgIpc) is 3.02. The minimum absolute atomic E-state index is 0.00427. The number of rotatable bonds is 18. The van der Waals surface area contributed by atoms with Gasteiger partial charge in [-0.2, -0.15) is 5.26 Å². The Kier molecular flexibility index (Phi) is 13.8. The number of nitriles is 1. The lowest BCUT2D eigenvalue weighted by atomic mass is 9.73. The van der Waals surface area contributed by atoms with Crippen molar-refractivity contribution in [3.63, 3.8) is 0 Å². The van der Waals surface area contributed by atoms with Crippen LogP contribution in [0.3, 0.4) is 0 Å². The quantitative estimate of drug-likeness (QED) is 0.131. The van der Waals surface area contributed by atoms with E-state index in [9.17, 15) is 9.18 Å². The highest BCUT2D eigenvalue weighted by Gasteiger charge is 2.32. The van der Waals surface area contributed by atoms with Crippen LogP contribution in [0.4, 0.5) is 4.39 Å². The van der Waals surface area contributed by atoms with Gasteiger partial charge in [0, 0.05) is 23.9 Å². The van der Waals surface area contributed by atoms with Crippen molar-refractivity contribution in [2.45, 2.75) is 109 Å². The highest BCUT2D eigenvalue weighted by atomic mass is 19.1. The van der Waals surface area contributed by atoms with E-state index in [1.165, 1.54) is 49.8 Å². The number of hydrogen-bond acceptors (Lipinski definition) is 5. The van der Waals surface area contributed by atoms with Crippen LogP contribution in [0.2, 0.25) is 0 Å². The lowest BCUT2D eigenvalue weighted by Crippen LogP contribution is -2.43. The molecule has 2 unspecified atom stereocenters. The molecule has 1 aliphatic rings. The van der Waals surface area contributed by atoms with E-state index in [-0.39, 0.29) is 22.9 Å². The molecule has 0 N–H and O–H groups in total. The average molecular weight is 579 g/mol. The van der Waals surface area contributed by atoms with E-state index in [1.807, 2.05) is 6.07 Å². The molecule has 5 nitrogen and oxygen atoms in total. The number of carbonyl (C=O) groups excluding carboxylic acids is 1. The largest absolute Gasteiger partial charge is 0.493 e. The van der Waals surface area contributed by atoms with Crippen molar-refractivity contribution in [3.05, 3.63) is 59.4 Å². The topological polar surface area (TPSA) is 62.6 Å². The summed E-state index contributed by atoms with van der Waals surface area (Å²) in [6.07, 6.45) is 13.5. The summed E-state index contributed by atoms with van der Waals surface area (Å²) in [6.45, 7) is 6.46. The van der Waals surface area contributed by atoms with Gasteiger partial charge >= 0.3 is 0 Å². The van der Waals surface area contributed by atoms with Gasteiger partial charge in [0.2, 0.25) is 0 Å². The predicted molar refractivity (Wildman–Crippen MR) is 168 cm³/mol. The van der Waals surface area contributed by atoms with Crippen LogP contribution in [0.25, 0.3) is 0 Å². The third-order valence-corrected chi connectivity index (χ3v) is 9.31. The number of nitrogens with zero attached hydrogens (tertiary/aromatic N) is 2. The third kappa shape index (κ3) is 9.56. The molecule has 2 aromatic carbocycles. The van der Waals surface area contributed by atoms with Gasteiger partial charge in [0.1, 0.15) is 5.82 Å². The van der Waals surface area contributed by atoms with Crippen molar-refractivity contribution in [3.8, 4) is 17.6 Å². The number of carbonyl (C=O) groups is 1. The van der Waals surface area contributed by atoms with E-state index in [2.05, 4.69) is 36.9 Å². The smallest absolute Gasteiger partial charge is 0.166 e. The van der Waals surface area contributed by atoms with Crippen molar-refractivity contribution in [2.75, 3.05) is 27.3 Å². The Hall–Kier alpha value is -2.91. The van der Waals surface area contributed by atoms with Crippen molar-refractivity contribution in [2.24, 2.45) is 5.92 Å². The van der Waals surface area contributed by atoms with E-state index < -0.39 is 0 Å². The zero-order valence-electron chi connectivity index (χ0n) is 26.3. The van der Waals surface area contributed by atoms with Gasteiger partial charge < -0.3 is 14.4 Å². The summed E-state index contributed by atoms with van der Waals surface area (Å²) in [5.41, 5.74) is 1.83. The molecule has 1 heterocycles. The second-order valence-corrected chi connectivity index (χ2v) is 12.2. The zero-order chi connectivity index (χ0) is 30.4. The second-order valence-electron chi connectivity index (χ2n) is 12.2. The molecule has 0 aromatic heterocycles. The van der Waals surface area contributed by atoms with Gasteiger partial charge in [-0.1, -0.05) is 52.0 Å². The van der Waals surface area contributed by atoms with Crippen LogP contribution in [0.5, 0.6) is 11.5 Å². The maximum atomic E-state index is 13.4. The third-order valence-electron chi connectivity index (χ3n) is 9.31. The number of hydrogen-bond donors (Lipinski definition) is 0. The Bertz CT molecular complexity index is 1140. The molecule has 1 saturated heterocycles. The molecule has 1 fully saturated rings. The lowest BCUT2D eigenvalue weighted by molar-refractivity contribution is 0.0758. The summed E-state index contributed by atoms with van der Waals surface area (Å²) in [7, 11) is 3.35. The van der Waals surface area contributed by atoms with E-state index >= 15 is 0 Å². The minimum Gasteiger partial charge on any atom is -0.493 e. The predicted octanol–water partition coefficient (Wildman–Crippen LogP) is 8.90. The Balaban J connectivity index is 1.73. The molecule has 3 rings (SSSR count). The molecular formula is C36H51FN2O3. The van der Waals surface area contributed by atoms with Gasteiger partial charge in [0.25, 0.3) is 0 Å². The summed E-state index contributed by atoms with van der Waals surface area (Å²) in [5, 5.41) is 9.09. The number of unbranched alkanes of at least 4 members (excludes halogenated alkanes) is 5. The van der Waals surface area contributed by atoms with Crippen molar-refractivity contribution >= 4 is 5.78 Å². The normalized spacial score (nSPS) is 16.4. The molecule has 2 aromatic rings. The number of halogens is 1. The molecule has 42 heavy (non-hydrogen) atoms.